The van der Waals surface area contributed by atoms with Crippen LogP contribution in [0.25, 0.3) is 16.9 Å². The summed E-state index contributed by atoms with van der Waals surface area (Å²) < 4.78 is 3.36. The molecule has 1 aliphatic rings. The number of pyridine rings is 2. The minimum Gasteiger partial charge on any atom is -0.335 e. The molecule has 9 heteroatoms. The number of fused-ring (bicyclic) bond motifs is 1. The first-order chi connectivity index (χ1) is 16.1. The molecule has 0 spiro atoms. The highest BCUT2D eigenvalue weighted by molar-refractivity contribution is 5.94. The highest BCUT2D eigenvalue weighted by Crippen LogP contribution is 2.16. The molecule has 0 unspecified atom stereocenters. The molecule has 1 fully saturated rings. The van der Waals surface area contributed by atoms with Crippen molar-refractivity contribution in [2.45, 2.75) is 13.5 Å². The number of carbonyl (C=O) groups excluding carboxylic acids is 1. The van der Waals surface area contributed by atoms with E-state index >= 15 is 0 Å². The molecule has 0 radical (unpaired) electrons. The topological polar surface area (TPSA) is 88.6 Å². The molecule has 9 nitrogen and oxygen atoms in total. The number of aryl methyl sites for hydroxylation is 1. The molecule has 0 atom stereocenters. The van der Waals surface area contributed by atoms with E-state index in [0.717, 1.165) is 35.7 Å². The Bertz CT molecular complexity index is 1340. The van der Waals surface area contributed by atoms with Crippen LogP contribution in [0.5, 0.6) is 0 Å². The zero-order valence-corrected chi connectivity index (χ0v) is 18.5. The van der Waals surface area contributed by atoms with Gasteiger partial charge in [-0.1, -0.05) is 6.07 Å². The van der Waals surface area contributed by atoms with Crippen LogP contribution in [0.4, 0.5) is 0 Å². The van der Waals surface area contributed by atoms with Crippen molar-refractivity contribution < 1.29 is 4.79 Å². The summed E-state index contributed by atoms with van der Waals surface area (Å²) in [5, 5.41) is 4.51. The lowest BCUT2D eigenvalue weighted by atomic mass is 10.2. The number of carbonyl (C=O) groups is 1. The first-order valence-electron chi connectivity index (χ1n) is 11.0. The van der Waals surface area contributed by atoms with E-state index in [1.165, 1.54) is 4.68 Å². The maximum Gasteiger partial charge on any atom is 0.272 e. The molecule has 1 aliphatic heterocycles. The molecule has 0 aromatic carbocycles. The van der Waals surface area contributed by atoms with Crippen LogP contribution >= 0.6 is 0 Å². The average molecular weight is 444 g/mol. The molecule has 0 N–H and O–H groups in total. The fourth-order valence-electron chi connectivity index (χ4n) is 4.21. The Morgan fingerprint density at radius 1 is 1.00 bits per heavy atom. The van der Waals surface area contributed by atoms with Gasteiger partial charge in [0, 0.05) is 62.9 Å². The van der Waals surface area contributed by atoms with Gasteiger partial charge in [0.25, 0.3) is 11.5 Å². The Balaban J connectivity index is 1.21. The van der Waals surface area contributed by atoms with Crippen molar-refractivity contribution in [3.05, 3.63) is 82.8 Å². The van der Waals surface area contributed by atoms with E-state index in [4.69, 9.17) is 0 Å². The molecular formula is C24H25N7O2. The number of hydrogen-bond donors (Lipinski definition) is 0. The van der Waals surface area contributed by atoms with Crippen LogP contribution in [0.3, 0.4) is 0 Å². The maximum atomic E-state index is 13.2. The van der Waals surface area contributed by atoms with E-state index in [1.807, 2.05) is 52.8 Å². The predicted octanol–water partition coefficient (Wildman–Crippen LogP) is 1.72. The van der Waals surface area contributed by atoms with Gasteiger partial charge in [-0.2, -0.15) is 5.10 Å². The Labute approximate surface area is 190 Å². The van der Waals surface area contributed by atoms with Crippen molar-refractivity contribution in [3.8, 4) is 11.3 Å². The second kappa shape index (κ2) is 8.95. The summed E-state index contributed by atoms with van der Waals surface area (Å²) in [6.45, 7) is 5.83. The molecule has 33 heavy (non-hydrogen) atoms. The molecule has 0 bridgehead atoms. The van der Waals surface area contributed by atoms with Gasteiger partial charge >= 0.3 is 0 Å². The highest BCUT2D eigenvalue weighted by atomic mass is 16.2. The van der Waals surface area contributed by atoms with Gasteiger partial charge in [0.15, 0.2) is 0 Å². The Kier molecular flexibility index (Phi) is 5.70. The lowest BCUT2D eigenvalue weighted by molar-refractivity contribution is 0.0624. The average Bonchev–Trinajstić information content (AvgIpc) is 3.19. The van der Waals surface area contributed by atoms with Crippen molar-refractivity contribution in [1.82, 2.24) is 33.9 Å². The highest BCUT2D eigenvalue weighted by Gasteiger charge is 2.26. The van der Waals surface area contributed by atoms with Gasteiger partial charge in [-0.25, -0.2) is 9.67 Å². The van der Waals surface area contributed by atoms with E-state index in [-0.39, 0.29) is 11.5 Å². The van der Waals surface area contributed by atoms with Gasteiger partial charge < -0.3 is 4.90 Å². The summed E-state index contributed by atoms with van der Waals surface area (Å²) in [5.74, 6) is 0.00732. The maximum absolute atomic E-state index is 13.2. The Morgan fingerprint density at radius 2 is 1.85 bits per heavy atom. The van der Waals surface area contributed by atoms with Gasteiger partial charge in [0.2, 0.25) is 0 Å². The molecular weight excluding hydrogens is 418 g/mol. The van der Waals surface area contributed by atoms with Crippen LogP contribution in [0.15, 0.2) is 65.8 Å². The summed E-state index contributed by atoms with van der Waals surface area (Å²) in [4.78, 5) is 38.2. The standard InChI is InChI=1S/C24H25N7O2/c1-18-23(30-10-3-2-6-21(30)26-18)24(33)29-14-11-28(12-15-29)13-16-31-22(32)8-7-20(27-31)19-5-4-9-25-17-19/h2-10,17H,11-16H2,1H3. The van der Waals surface area contributed by atoms with Crippen molar-refractivity contribution in [3.63, 3.8) is 0 Å². The second-order valence-corrected chi connectivity index (χ2v) is 8.13. The van der Waals surface area contributed by atoms with E-state index in [0.29, 0.717) is 31.9 Å². The summed E-state index contributed by atoms with van der Waals surface area (Å²) in [7, 11) is 0. The summed E-state index contributed by atoms with van der Waals surface area (Å²) in [5.41, 5.74) is 3.63. The quantitative estimate of drug-likeness (QED) is 0.467. The smallest absolute Gasteiger partial charge is 0.272 e. The monoisotopic (exact) mass is 443 g/mol. The van der Waals surface area contributed by atoms with Crippen LogP contribution < -0.4 is 5.56 Å². The summed E-state index contributed by atoms with van der Waals surface area (Å²) in [6, 6.07) is 12.8. The normalized spacial score (nSPS) is 14.6. The van der Waals surface area contributed by atoms with E-state index in [9.17, 15) is 9.59 Å². The van der Waals surface area contributed by atoms with Crippen molar-refractivity contribution in [2.24, 2.45) is 0 Å². The van der Waals surface area contributed by atoms with Crippen LogP contribution in [0.1, 0.15) is 16.2 Å². The van der Waals surface area contributed by atoms with Crippen molar-refractivity contribution in [2.75, 3.05) is 32.7 Å². The number of aromatic nitrogens is 5. The molecule has 1 saturated heterocycles. The molecule has 0 saturated carbocycles. The number of nitrogens with zero attached hydrogens (tertiary/aromatic N) is 7. The second-order valence-electron chi connectivity index (χ2n) is 8.13. The Hall–Kier alpha value is -3.85. The molecule has 5 rings (SSSR count). The number of amides is 1. The van der Waals surface area contributed by atoms with E-state index in [1.54, 1.807) is 24.5 Å². The van der Waals surface area contributed by atoms with E-state index in [2.05, 4.69) is 20.0 Å². The first-order valence-corrected chi connectivity index (χ1v) is 11.0. The minimum atomic E-state index is -0.125. The molecule has 0 aliphatic carbocycles. The van der Waals surface area contributed by atoms with Crippen LogP contribution in [0, 0.1) is 6.92 Å². The SMILES string of the molecule is Cc1nc2ccccn2c1C(=O)N1CCN(CCn2nc(-c3cccnc3)ccc2=O)CC1. The van der Waals surface area contributed by atoms with Crippen LogP contribution in [-0.4, -0.2) is 72.6 Å². The van der Waals surface area contributed by atoms with Crippen LogP contribution in [0.2, 0.25) is 0 Å². The lowest BCUT2D eigenvalue weighted by Crippen LogP contribution is -2.50. The number of hydrogen-bond acceptors (Lipinski definition) is 6. The largest absolute Gasteiger partial charge is 0.335 e. The molecule has 168 valence electrons. The van der Waals surface area contributed by atoms with Crippen molar-refractivity contribution in [1.29, 1.82) is 0 Å². The number of rotatable bonds is 5. The van der Waals surface area contributed by atoms with Gasteiger partial charge in [0.05, 0.1) is 17.9 Å². The molecule has 5 heterocycles. The zero-order valence-electron chi connectivity index (χ0n) is 18.5. The summed E-state index contributed by atoms with van der Waals surface area (Å²) >= 11 is 0. The minimum absolute atomic E-state index is 0.00732. The third-order valence-corrected chi connectivity index (χ3v) is 6.02. The van der Waals surface area contributed by atoms with E-state index < -0.39 is 0 Å². The molecule has 4 aromatic rings. The van der Waals surface area contributed by atoms with Gasteiger partial charge in [-0.15, -0.1) is 0 Å². The fourth-order valence-corrected chi connectivity index (χ4v) is 4.21. The van der Waals surface area contributed by atoms with Gasteiger partial charge in [-0.3, -0.25) is 23.9 Å². The van der Waals surface area contributed by atoms with Crippen molar-refractivity contribution >= 4 is 11.6 Å². The number of piperazine rings is 1. The van der Waals surface area contributed by atoms with Gasteiger partial charge in [0.1, 0.15) is 11.3 Å². The first kappa shape index (κ1) is 21.0. The predicted molar refractivity (Wildman–Crippen MR) is 124 cm³/mol. The third-order valence-electron chi connectivity index (χ3n) is 6.02. The van der Waals surface area contributed by atoms with Gasteiger partial charge in [-0.05, 0) is 37.3 Å². The fraction of sp³-hybridized carbons (Fsp3) is 0.292. The molecule has 1 amide bonds. The summed E-state index contributed by atoms with van der Waals surface area (Å²) in [6.07, 6.45) is 5.32. The lowest BCUT2D eigenvalue weighted by Gasteiger charge is -2.34. The third kappa shape index (κ3) is 4.27. The number of imidazole rings is 1. The zero-order chi connectivity index (χ0) is 22.8. The molecule has 4 aromatic heterocycles. The Morgan fingerprint density at radius 3 is 2.64 bits per heavy atom. The van der Waals surface area contributed by atoms with Crippen LogP contribution in [-0.2, 0) is 6.54 Å².